The van der Waals surface area contributed by atoms with Crippen LogP contribution in [0.15, 0.2) is 12.5 Å². The van der Waals surface area contributed by atoms with Crippen LogP contribution in [0.2, 0.25) is 0 Å². The Bertz CT molecular complexity index is 1360. The number of carbonyl (C=O) groups is 2. The zero-order chi connectivity index (χ0) is 30.5. The number of morpholine rings is 1. The lowest BCUT2D eigenvalue weighted by molar-refractivity contribution is 0.0801. The average molecular weight is 573 g/mol. The van der Waals surface area contributed by atoms with Crippen molar-refractivity contribution in [2.75, 3.05) is 36.5 Å². The number of nitrogens with one attached hydrogen (secondary N) is 1. The Morgan fingerprint density at radius 2 is 1.66 bits per heavy atom. The number of imidazole rings is 1. The number of carboxylic acid groups (broad SMARTS) is 2. The van der Waals surface area contributed by atoms with E-state index in [-0.39, 0.29) is 11.0 Å². The number of anilines is 2. The molecule has 1 saturated heterocycles. The average Bonchev–Trinajstić information content (AvgIpc) is 3.24. The predicted octanol–water partition coefficient (Wildman–Crippen LogP) is 4.64. The van der Waals surface area contributed by atoms with E-state index in [9.17, 15) is 9.59 Å². The van der Waals surface area contributed by atoms with Crippen LogP contribution < -0.4 is 10.2 Å². The van der Waals surface area contributed by atoms with Gasteiger partial charge >= 0.3 is 12.3 Å². The first kappa shape index (κ1) is 31.5. The van der Waals surface area contributed by atoms with E-state index in [0.717, 1.165) is 47.9 Å². The van der Waals surface area contributed by atoms with Gasteiger partial charge in [-0.15, -0.1) is 0 Å². The molecule has 0 spiro atoms. The summed E-state index contributed by atoms with van der Waals surface area (Å²) in [5.41, 5.74) is 3.07. The van der Waals surface area contributed by atoms with Gasteiger partial charge in [-0.25, -0.2) is 34.5 Å². The van der Waals surface area contributed by atoms with Gasteiger partial charge in [0.1, 0.15) is 0 Å². The van der Waals surface area contributed by atoms with Gasteiger partial charge in [0.2, 0.25) is 5.95 Å². The summed E-state index contributed by atoms with van der Waals surface area (Å²) in [6.07, 6.45) is 0.111. The molecular weight excluding hydrogens is 532 g/mol. The third-order valence-corrected chi connectivity index (χ3v) is 5.72. The zero-order valence-corrected chi connectivity index (χ0v) is 24.9. The van der Waals surface area contributed by atoms with Crippen molar-refractivity contribution in [3.63, 3.8) is 0 Å². The first-order valence-electron chi connectivity index (χ1n) is 13.4. The molecule has 1 aliphatic rings. The minimum atomic E-state index is -1.81. The Morgan fingerprint density at radius 3 is 2.17 bits per heavy atom. The highest BCUT2D eigenvalue weighted by molar-refractivity contribution is 5.86. The summed E-state index contributed by atoms with van der Waals surface area (Å²) in [6, 6.07) is 0. The maximum atomic E-state index is 9.21. The van der Waals surface area contributed by atoms with E-state index in [2.05, 4.69) is 79.9 Å². The zero-order valence-electron chi connectivity index (χ0n) is 24.9. The molecule has 0 saturated carbocycles. The molecule has 3 aromatic heterocycles. The van der Waals surface area contributed by atoms with Gasteiger partial charge in [0.05, 0.1) is 30.8 Å². The van der Waals surface area contributed by atoms with Crippen molar-refractivity contribution in [3.05, 3.63) is 18.2 Å². The standard InChI is InChI=1S/C25H38N8O.C2H2O5/c1-16(2)14-33-15-27-18-21(32-9-11-34-12-10-32)29-20(30-22(18)33)17-13-26-23(31-25(6,7)8)28-19(17)24(3,4)5;3-1(4)7-2(5)6/h13,15-16H,9-12,14H2,1-8H3,(H,26,28,31);(H,3,4)(H,5,6). The summed E-state index contributed by atoms with van der Waals surface area (Å²) in [5.74, 6) is 2.56. The fourth-order valence-corrected chi connectivity index (χ4v) is 4.16. The van der Waals surface area contributed by atoms with Gasteiger partial charge < -0.3 is 34.5 Å². The molecule has 1 aliphatic heterocycles. The maximum Gasteiger partial charge on any atom is 0.516 e. The van der Waals surface area contributed by atoms with E-state index in [4.69, 9.17) is 34.9 Å². The van der Waals surface area contributed by atoms with E-state index in [0.29, 0.717) is 30.9 Å². The van der Waals surface area contributed by atoms with Gasteiger partial charge in [-0.05, 0) is 26.7 Å². The van der Waals surface area contributed by atoms with Gasteiger partial charge in [0.25, 0.3) is 0 Å². The predicted molar refractivity (Wildman–Crippen MR) is 153 cm³/mol. The molecule has 0 atom stereocenters. The second-order valence-electron chi connectivity index (χ2n) is 12.1. The highest BCUT2D eigenvalue weighted by Crippen LogP contribution is 2.33. The van der Waals surface area contributed by atoms with Crippen molar-refractivity contribution in [1.82, 2.24) is 29.5 Å². The Morgan fingerprint density at radius 1 is 1.02 bits per heavy atom. The fraction of sp³-hybridized carbons (Fsp3) is 0.593. The van der Waals surface area contributed by atoms with Crippen molar-refractivity contribution < 1.29 is 29.3 Å². The lowest BCUT2D eigenvalue weighted by Gasteiger charge is -2.28. The SMILES string of the molecule is CC(C)Cn1cnc2c(N3CCOCC3)nc(-c3cnc(NC(C)(C)C)nc3C(C)(C)C)nc21.O=C(O)OC(=O)O. The number of rotatable bonds is 5. The van der Waals surface area contributed by atoms with E-state index < -0.39 is 12.3 Å². The minimum Gasteiger partial charge on any atom is -0.449 e. The lowest BCUT2D eigenvalue weighted by atomic mass is 9.88. The van der Waals surface area contributed by atoms with Crippen LogP contribution in [0.5, 0.6) is 0 Å². The smallest absolute Gasteiger partial charge is 0.449 e. The maximum absolute atomic E-state index is 9.21. The normalized spacial score (nSPS) is 14.0. The van der Waals surface area contributed by atoms with E-state index in [1.54, 1.807) is 0 Å². The second kappa shape index (κ2) is 12.6. The number of hydrogen-bond donors (Lipinski definition) is 3. The van der Waals surface area contributed by atoms with Crippen molar-refractivity contribution in [2.45, 2.75) is 72.9 Å². The molecule has 4 rings (SSSR count). The van der Waals surface area contributed by atoms with Crippen molar-refractivity contribution >= 4 is 35.2 Å². The number of ether oxygens (including phenoxy) is 2. The van der Waals surface area contributed by atoms with Crippen LogP contribution >= 0.6 is 0 Å². The largest absolute Gasteiger partial charge is 0.516 e. The molecule has 14 nitrogen and oxygen atoms in total. The molecule has 0 aliphatic carbocycles. The summed E-state index contributed by atoms with van der Waals surface area (Å²) in [7, 11) is 0. The van der Waals surface area contributed by atoms with Crippen molar-refractivity contribution in [2.24, 2.45) is 5.92 Å². The van der Waals surface area contributed by atoms with Gasteiger partial charge in [0.15, 0.2) is 22.8 Å². The highest BCUT2D eigenvalue weighted by Gasteiger charge is 2.27. The Kier molecular flexibility index (Phi) is 9.69. The Hall–Kier alpha value is -4.07. The first-order valence-corrected chi connectivity index (χ1v) is 13.4. The summed E-state index contributed by atoms with van der Waals surface area (Å²) >= 11 is 0. The molecule has 224 valence electrons. The molecule has 0 amide bonds. The van der Waals surface area contributed by atoms with Crippen LogP contribution in [0.4, 0.5) is 21.4 Å². The summed E-state index contributed by atoms with van der Waals surface area (Å²) in [4.78, 5) is 45.0. The number of hydrogen-bond acceptors (Lipinski definition) is 11. The van der Waals surface area contributed by atoms with Gasteiger partial charge in [-0.3, -0.25) is 0 Å². The summed E-state index contributed by atoms with van der Waals surface area (Å²) < 4.78 is 10.8. The Balaban J connectivity index is 0.000000587. The number of nitrogens with zero attached hydrogens (tertiary/aromatic N) is 7. The van der Waals surface area contributed by atoms with Crippen molar-refractivity contribution in [1.29, 1.82) is 0 Å². The van der Waals surface area contributed by atoms with Crippen LogP contribution in [-0.4, -0.2) is 83.9 Å². The topological polar surface area (TPSA) is 178 Å². The van der Waals surface area contributed by atoms with Crippen LogP contribution in [-0.2, 0) is 21.4 Å². The van der Waals surface area contributed by atoms with Crippen LogP contribution in [0, 0.1) is 5.92 Å². The quantitative estimate of drug-likeness (QED) is 0.285. The molecule has 1 fully saturated rings. The first-order chi connectivity index (χ1) is 19.0. The van der Waals surface area contributed by atoms with Crippen LogP contribution in [0.25, 0.3) is 22.6 Å². The minimum absolute atomic E-state index is 0.140. The van der Waals surface area contributed by atoms with Gasteiger partial charge in [0, 0.05) is 36.8 Å². The third-order valence-electron chi connectivity index (χ3n) is 5.72. The summed E-state index contributed by atoms with van der Waals surface area (Å²) in [5, 5.41) is 18.4. The van der Waals surface area contributed by atoms with Gasteiger partial charge in [-0.1, -0.05) is 34.6 Å². The highest BCUT2D eigenvalue weighted by atomic mass is 16.7. The second-order valence-corrected chi connectivity index (χ2v) is 12.1. The molecule has 14 heteroatoms. The fourth-order valence-electron chi connectivity index (χ4n) is 4.16. The lowest BCUT2D eigenvalue weighted by Crippen LogP contribution is -2.37. The van der Waals surface area contributed by atoms with Crippen molar-refractivity contribution in [3.8, 4) is 11.4 Å². The molecule has 0 unspecified atom stereocenters. The van der Waals surface area contributed by atoms with Crippen LogP contribution in [0.1, 0.15) is 61.1 Å². The molecule has 4 heterocycles. The van der Waals surface area contributed by atoms with Crippen LogP contribution in [0.3, 0.4) is 0 Å². The molecule has 0 bridgehead atoms. The Labute approximate surface area is 239 Å². The molecule has 41 heavy (non-hydrogen) atoms. The number of aromatic nitrogens is 6. The molecule has 0 aromatic carbocycles. The summed E-state index contributed by atoms with van der Waals surface area (Å²) in [6.45, 7) is 20.9. The third kappa shape index (κ3) is 8.71. The molecular formula is C27H40N8O6. The van der Waals surface area contributed by atoms with E-state index in [1.807, 2.05) is 12.5 Å². The molecule has 0 radical (unpaired) electrons. The van der Waals surface area contributed by atoms with E-state index in [1.165, 1.54) is 0 Å². The monoisotopic (exact) mass is 572 g/mol. The number of fused-ring (bicyclic) bond motifs is 1. The molecule has 3 aromatic rings. The van der Waals surface area contributed by atoms with Gasteiger partial charge in [-0.2, -0.15) is 0 Å². The van der Waals surface area contributed by atoms with E-state index >= 15 is 0 Å². The molecule has 3 N–H and O–H groups in total.